The molecular formula is C10H19ClO. The molecule has 0 rings (SSSR count). The van der Waals surface area contributed by atoms with Crippen LogP contribution >= 0.6 is 11.6 Å². The van der Waals surface area contributed by atoms with Crippen molar-refractivity contribution in [3.63, 3.8) is 0 Å². The van der Waals surface area contributed by atoms with E-state index in [1.54, 1.807) is 0 Å². The molecule has 12 heavy (non-hydrogen) atoms. The number of hydrogen-bond donors (Lipinski definition) is 0. The van der Waals surface area contributed by atoms with Gasteiger partial charge in [-0.1, -0.05) is 43.7 Å². The highest BCUT2D eigenvalue weighted by atomic mass is 35.5. The van der Waals surface area contributed by atoms with Gasteiger partial charge >= 0.3 is 0 Å². The number of hydrogen-bond acceptors (Lipinski definition) is 1. The van der Waals surface area contributed by atoms with Gasteiger partial charge in [0.25, 0.3) is 0 Å². The maximum atomic E-state index is 5.33. The van der Waals surface area contributed by atoms with Crippen molar-refractivity contribution >= 4 is 11.6 Å². The summed E-state index contributed by atoms with van der Waals surface area (Å²) in [5, 5.41) is 0. The van der Waals surface area contributed by atoms with Crippen LogP contribution in [0.5, 0.6) is 0 Å². The Morgan fingerprint density at radius 1 is 1.33 bits per heavy atom. The van der Waals surface area contributed by atoms with Crippen molar-refractivity contribution < 1.29 is 4.74 Å². The molecule has 0 radical (unpaired) electrons. The van der Waals surface area contributed by atoms with Gasteiger partial charge in [0.15, 0.2) is 0 Å². The van der Waals surface area contributed by atoms with Gasteiger partial charge in [-0.25, -0.2) is 0 Å². The molecule has 0 aromatic heterocycles. The third-order valence-corrected chi connectivity index (χ3v) is 1.25. The molecule has 0 N–H and O–H groups in total. The Bertz CT molecular complexity index is 128. The molecule has 0 heterocycles. The van der Waals surface area contributed by atoms with Crippen LogP contribution in [0.2, 0.25) is 0 Å². The Balaban J connectivity index is 0. The van der Waals surface area contributed by atoms with Crippen LogP contribution < -0.4 is 0 Å². The van der Waals surface area contributed by atoms with Crippen molar-refractivity contribution in [1.82, 2.24) is 0 Å². The first-order chi connectivity index (χ1) is 5.85. The van der Waals surface area contributed by atoms with Gasteiger partial charge in [-0.3, -0.25) is 0 Å². The van der Waals surface area contributed by atoms with E-state index in [0.717, 1.165) is 5.57 Å². The lowest BCUT2D eigenvalue weighted by molar-refractivity contribution is 0.207. The van der Waals surface area contributed by atoms with Crippen molar-refractivity contribution in [3.8, 4) is 0 Å². The highest BCUT2D eigenvalue weighted by Gasteiger charge is 1.87. The van der Waals surface area contributed by atoms with E-state index in [9.17, 15) is 0 Å². The van der Waals surface area contributed by atoms with Gasteiger partial charge in [0.05, 0.1) is 6.61 Å². The van der Waals surface area contributed by atoms with E-state index in [0.29, 0.717) is 6.61 Å². The summed E-state index contributed by atoms with van der Waals surface area (Å²) in [6, 6.07) is 0.259. The fourth-order valence-electron chi connectivity index (χ4n) is 0.598. The Kier molecular flexibility index (Phi) is 15.8. The summed E-state index contributed by atoms with van der Waals surface area (Å²) < 4.78 is 4.98. The van der Waals surface area contributed by atoms with Crippen molar-refractivity contribution in [2.75, 3.05) is 12.7 Å². The largest absolute Gasteiger partial charge is 0.361 e. The minimum atomic E-state index is 0.259. The van der Waals surface area contributed by atoms with Gasteiger partial charge in [0, 0.05) is 0 Å². The average Bonchev–Trinajstić information content (AvgIpc) is 2.15. The van der Waals surface area contributed by atoms with Crippen molar-refractivity contribution in [1.29, 1.82) is 0 Å². The molecule has 0 amide bonds. The SMILES string of the molecule is C/C=C\C(=C/C)COCCl.CC. The lowest BCUT2D eigenvalue weighted by Gasteiger charge is -1.98. The van der Waals surface area contributed by atoms with E-state index in [1.165, 1.54) is 0 Å². The van der Waals surface area contributed by atoms with E-state index in [1.807, 2.05) is 45.9 Å². The third-order valence-electron chi connectivity index (χ3n) is 1.10. The molecular weight excluding hydrogens is 172 g/mol. The van der Waals surface area contributed by atoms with Gasteiger partial charge < -0.3 is 4.74 Å². The zero-order valence-electron chi connectivity index (χ0n) is 8.43. The molecule has 0 aliphatic rings. The van der Waals surface area contributed by atoms with Gasteiger partial charge in [0.1, 0.15) is 6.07 Å². The Hall–Kier alpha value is -0.270. The molecule has 0 bridgehead atoms. The fourth-order valence-corrected chi connectivity index (χ4v) is 0.675. The van der Waals surface area contributed by atoms with E-state index in [-0.39, 0.29) is 6.07 Å². The van der Waals surface area contributed by atoms with Gasteiger partial charge in [-0.15, -0.1) is 0 Å². The second-order valence-electron chi connectivity index (χ2n) is 1.82. The van der Waals surface area contributed by atoms with Gasteiger partial charge in [0.2, 0.25) is 0 Å². The molecule has 0 fully saturated rings. The quantitative estimate of drug-likeness (QED) is 0.485. The summed E-state index contributed by atoms with van der Waals surface area (Å²) in [4.78, 5) is 0. The fraction of sp³-hybridized carbons (Fsp3) is 0.600. The topological polar surface area (TPSA) is 9.23 Å². The Morgan fingerprint density at radius 3 is 2.25 bits per heavy atom. The number of ether oxygens (including phenoxy) is 1. The lowest BCUT2D eigenvalue weighted by atomic mass is 10.2. The van der Waals surface area contributed by atoms with Crippen LogP contribution in [0, 0.1) is 0 Å². The van der Waals surface area contributed by atoms with Crippen LogP contribution in [0.15, 0.2) is 23.8 Å². The van der Waals surface area contributed by atoms with Gasteiger partial charge in [-0.05, 0) is 19.4 Å². The zero-order valence-corrected chi connectivity index (χ0v) is 9.19. The van der Waals surface area contributed by atoms with E-state index < -0.39 is 0 Å². The standard InChI is InChI=1S/C8H13ClO.C2H6/c1-3-5-8(4-2)6-10-7-9;1-2/h3-5H,6-7H2,1-2H3;1-2H3/b5-3-,8-4+;. The van der Waals surface area contributed by atoms with Crippen LogP contribution in [0.25, 0.3) is 0 Å². The smallest absolute Gasteiger partial charge is 0.121 e. The van der Waals surface area contributed by atoms with Crippen LogP contribution in [-0.2, 0) is 4.74 Å². The summed E-state index contributed by atoms with van der Waals surface area (Å²) in [5.74, 6) is 0. The predicted molar refractivity (Wildman–Crippen MR) is 56.6 cm³/mol. The molecule has 0 saturated carbocycles. The zero-order chi connectivity index (χ0) is 9.82. The maximum Gasteiger partial charge on any atom is 0.121 e. The first-order valence-corrected chi connectivity index (χ1v) is 4.80. The molecule has 0 atom stereocenters. The normalized spacial score (nSPS) is 11.2. The highest BCUT2D eigenvalue weighted by Crippen LogP contribution is 1.97. The van der Waals surface area contributed by atoms with Crippen LogP contribution in [-0.4, -0.2) is 12.7 Å². The van der Waals surface area contributed by atoms with Crippen molar-refractivity contribution in [3.05, 3.63) is 23.8 Å². The first kappa shape index (κ1) is 14.3. The second kappa shape index (κ2) is 13.3. The number of allylic oxidation sites excluding steroid dienone is 2. The summed E-state index contributed by atoms with van der Waals surface area (Å²) in [6.45, 7) is 8.56. The third kappa shape index (κ3) is 9.73. The number of rotatable bonds is 4. The molecule has 0 unspecified atom stereocenters. The Labute approximate surface area is 81.1 Å². The van der Waals surface area contributed by atoms with E-state index in [2.05, 4.69) is 0 Å². The summed E-state index contributed by atoms with van der Waals surface area (Å²) in [5.41, 5.74) is 1.16. The monoisotopic (exact) mass is 190 g/mol. The van der Waals surface area contributed by atoms with E-state index >= 15 is 0 Å². The lowest BCUT2D eigenvalue weighted by Crippen LogP contribution is -1.93. The van der Waals surface area contributed by atoms with Gasteiger partial charge in [-0.2, -0.15) is 0 Å². The first-order valence-electron chi connectivity index (χ1n) is 4.26. The molecule has 2 heteroatoms. The van der Waals surface area contributed by atoms with E-state index in [4.69, 9.17) is 16.3 Å². The molecule has 1 nitrogen and oxygen atoms in total. The molecule has 0 saturated heterocycles. The molecule has 72 valence electrons. The second-order valence-corrected chi connectivity index (χ2v) is 2.04. The van der Waals surface area contributed by atoms with Crippen LogP contribution in [0.4, 0.5) is 0 Å². The summed E-state index contributed by atoms with van der Waals surface area (Å²) in [6.07, 6.45) is 5.99. The molecule has 0 aromatic rings. The van der Waals surface area contributed by atoms with Crippen LogP contribution in [0.1, 0.15) is 27.7 Å². The van der Waals surface area contributed by atoms with Crippen LogP contribution in [0.3, 0.4) is 0 Å². The van der Waals surface area contributed by atoms with Crippen molar-refractivity contribution in [2.24, 2.45) is 0 Å². The maximum absolute atomic E-state index is 5.33. The number of halogens is 1. The minimum Gasteiger partial charge on any atom is -0.361 e. The Morgan fingerprint density at radius 2 is 1.92 bits per heavy atom. The van der Waals surface area contributed by atoms with Crippen molar-refractivity contribution in [2.45, 2.75) is 27.7 Å². The highest BCUT2D eigenvalue weighted by molar-refractivity contribution is 6.17. The summed E-state index contributed by atoms with van der Waals surface area (Å²) >= 11 is 5.33. The molecule has 0 aliphatic heterocycles. The average molecular weight is 191 g/mol. The number of alkyl halides is 1. The molecule has 0 spiro atoms. The minimum absolute atomic E-state index is 0.259. The summed E-state index contributed by atoms with van der Waals surface area (Å²) in [7, 11) is 0. The predicted octanol–water partition coefficient (Wildman–Crippen LogP) is 3.75. The molecule has 0 aliphatic carbocycles. The molecule has 0 aromatic carbocycles.